The average molecular weight is 420 g/mol. The standard InChI is InChI=1S/C24H29N5O2/c1-4-15(2)26-24(30)14-28-17-7-10-21(28)19-13-25-23-12-20(27-29(23)22(19)11-17)16-5-8-18(31-3)9-6-16/h5-6,8-9,12-13,15,17,21H,4,7,10-11,14H2,1-3H3,(H,26,30)/t15-,17+,21+/m1/s1. The molecule has 7 heteroatoms. The van der Waals surface area contributed by atoms with Gasteiger partial charge in [-0.15, -0.1) is 0 Å². The number of carbonyl (C=O) groups is 1. The highest BCUT2D eigenvalue weighted by Crippen LogP contribution is 2.43. The lowest BCUT2D eigenvalue weighted by Gasteiger charge is -2.35. The maximum atomic E-state index is 12.5. The number of rotatable bonds is 6. The molecule has 4 heterocycles. The third kappa shape index (κ3) is 3.57. The molecule has 5 rings (SSSR count). The Morgan fingerprint density at radius 2 is 2.10 bits per heavy atom. The minimum atomic E-state index is 0.115. The topological polar surface area (TPSA) is 71.8 Å². The third-order valence-corrected chi connectivity index (χ3v) is 6.78. The minimum absolute atomic E-state index is 0.115. The lowest BCUT2D eigenvalue weighted by molar-refractivity contribution is -0.123. The summed E-state index contributed by atoms with van der Waals surface area (Å²) < 4.78 is 7.27. The van der Waals surface area contributed by atoms with Crippen LogP contribution in [0.1, 0.15) is 50.4 Å². The number of carbonyl (C=O) groups excluding carboxylic acids is 1. The summed E-state index contributed by atoms with van der Waals surface area (Å²) in [6, 6.07) is 10.8. The molecule has 1 N–H and O–H groups in total. The second-order valence-corrected chi connectivity index (χ2v) is 8.69. The van der Waals surface area contributed by atoms with Crippen LogP contribution in [0.4, 0.5) is 0 Å². The van der Waals surface area contributed by atoms with Gasteiger partial charge >= 0.3 is 0 Å². The monoisotopic (exact) mass is 419 g/mol. The van der Waals surface area contributed by atoms with E-state index in [9.17, 15) is 4.79 Å². The second kappa shape index (κ2) is 7.96. The fourth-order valence-corrected chi connectivity index (χ4v) is 4.92. The molecule has 7 nitrogen and oxygen atoms in total. The number of hydrogen-bond acceptors (Lipinski definition) is 5. The van der Waals surface area contributed by atoms with Crippen molar-refractivity contribution in [1.82, 2.24) is 24.8 Å². The lowest BCUT2D eigenvalue weighted by Crippen LogP contribution is -2.46. The van der Waals surface area contributed by atoms with Gasteiger partial charge in [-0.3, -0.25) is 9.69 Å². The minimum Gasteiger partial charge on any atom is -0.497 e. The van der Waals surface area contributed by atoms with Crippen molar-refractivity contribution >= 4 is 11.6 Å². The van der Waals surface area contributed by atoms with Crippen molar-refractivity contribution < 1.29 is 9.53 Å². The Hall–Kier alpha value is -2.93. The molecule has 162 valence electrons. The number of ether oxygens (including phenoxy) is 1. The zero-order valence-corrected chi connectivity index (χ0v) is 18.3. The maximum Gasteiger partial charge on any atom is 0.234 e. The van der Waals surface area contributed by atoms with Gasteiger partial charge in [0, 0.05) is 47.9 Å². The van der Waals surface area contributed by atoms with Crippen LogP contribution in [0.25, 0.3) is 16.9 Å². The van der Waals surface area contributed by atoms with Crippen molar-refractivity contribution in [2.45, 2.75) is 57.7 Å². The molecule has 0 aliphatic carbocycles. The van der Waals surface area contributed by atoms with Gasteiger partial charge in [0.05, 0.1) is 25.0 Å². The molecule has 2 bridgehead atoms. The number of nitrogens with zero attached hydrogens (tertiary/aromatic N) is 4. The number of fused-ring (bicyclic) bond motifs is 6. The normalized spacial score (nSPS) is 21.1. The first-order valence-corrected chi connectivity index (χ1v) is 11.1. The zero-order valence-electron chi connectivity index (χ0n) is 18.3. The number of amides is 1. The Kier molecular flexibility index (Phi) is 5.14. The molecule has 0 saturated carbocycles. The molecule has 31 heavy (non-hydrogen) atoms. The van der Waals surface area contributed by atoms with Gasteiger partial charge in [0.25, 0.3) is 0 Å². The molecule has 1 amide bonds. The molecule has 1 fully saturated rings. The van der Waals surface area contributed by atoms with Crippen molar-refractivity contribution in [3.8, 4) is 17.0 Å². The van der Waals surface area contributed by atoms with Crippen LogP contribution in [0.3, 0.4) is 0 Å². The predicted octanol–water partition coefficient (Wildman–Crippen LogP) is 3.38. The van der Waals surface area contributed by atoms with Crippen LogP contribution in [0.5, 0.6) is 5.75 Å². The maximum absolute atomic E-state index is 12.5. The van der Waals surface area contributed by atoms with E-state index in [0.29, 0.717) is 12.6 Å². The van der Waals surface area contributed by atoms with E-state index in [0.717, 1.165) is 48.3 Å². The third-order valence-electron chi connectivity index (χ3n) is 6.78. The smallest absolute Gasteiger partial charge is 0.234 e. The summed E-state index contributed by atoms with van der Waals surface area (Å²) in [5, 5.41) is 8.01. The summed E-state index contributed by atoms with van der Waals surface area (Å²) in [7, 11) is 1.67. The first-order valence-electron chi connectivity index (χ1n) is 11.1. The van der Waals surface area contributed by atoms with E-state index < -0.39 is 0 Å². The molecule has 0 unspecified atom stereocenters. The van der Waals surface area contributed by atoms with Crippen LogP contribution in [0, 0.1) is 0 Å². The first kappa shape index (κ1) is 20.0. The van der Waals surface area contributed by atoms with Gasteiger partial charge in [-0.05, 0) is 50.5 Å². The van der Waals surface area contributed by atoms with Crippen LogP contribution in [-0.4, -0.2) is 51.1 Å². The largest absolute Gasteiger partial charge is 0.497 e. The Morgan fingerprint density at radius 3 is 2.84 bits per heavy atom. The Bertz CT molecular complexity index is 1110. The quantitative estimate of drug-likeness (QED) is 0.663. The van der Waals surface area contributed by atoms with Gasteiger partial charge in [-0.1, -0.05) is 6.92 Å². The van der Waals surface area contributed by atoms with Gasteiger partial charge < -0.3 is 10.1 Å². The van der Waals surface area contributed by atoms with Crippen molar-refractivity contribution in [3.05, 3.63) is 47.8 Å². The van der Waals surface area contributed by atoms with Crippen LogP contribution in [-0.2, 0) is 11.2 Å². The summed E-state index contributed by atoms with van der Waals surface area (Å²) >= 11 is 0. The summed E-state index contributed by atoms with van der Waals surface area (Å²) in [4.78, 5) is 19.6. The van der Waals surface area contributed by atoms with E-state index in [1.807, 2.05) is 41.0 Å². The Balaban J connectivity index is 1.44. The predicted molar refractivity (Wildman–Crippen MR) is 119 cm³/mol. The molecule has 2 aliphatic rings. The van der Waals surface area contributed by atoms with Crippen molar-refractivity contribution in [2.75, 3.05) is 13.7 Å². The summed E-state index contributed by atoms with van der Waals surface area (Å²) in [6.45, 7) is 4.59. The molecule has 1 saturated heterocycles. The number of nitrogens with one attached hydrogen (secondary N) is 1. The fraction of sp³-hybridized carbons (Fsp3) is 0.458. The summed E-state index contributed by atoms with van der Waals surface area (Å²) in [5.41, 5.74) is 5.26. The number of aromatic nitrogens is 3. The number of methoxy groups -OCH3 is 1. The van der Waals surface area contributed by atoms with Gasteiger partial charge in [0.2, 0.25) is 5.91 Å². The summed E-state index contributed by atoms with van der Waals surface area (Å²) in [6.07, 6.45) is 6.00. The van der Waals surface area contributed by atoms with E-state index in [1.54, 1.807) is 7.11 Å². The Labute approximate surface area is 182 Å². The molecule has 0 spiro atoms. The van der Waals surface area contributed by atoms with Gasteiger partial charge in [-0.2, -0.15) is 5.10 Å². The second-order valence-electron chi connectivity index (χ2n) is 8.69. The fourth-order valence-electron chi connectivity index (χ4n) is 4.92. The molecule has 3 aromatic rings. The van der Waals surface area contributed by atoms with E-state index >= 15 is 0 Å². The summed E-state index contributed by atoms with van der Waals surface area (Å²) in [5.74, 6) is 0.946. The SMILES string of the molecule is CC[C@@H](C)NC(=O)CN1[C@H]2CC[C@H]1c1cnc3cc(-c4ccc(OC)cc4)nn3c1C2. The van der Waals surface area contributed by atoms with Crippen molar-refractivity contribution in [3.63, 3.8) is 0 Å². The van der Waals surface area contributed by atoms with E-state index in [4.69, 9.17) is 14.8 Å². The molecular formula is C24H29N5O2. The van der Waals surface area contributed by atoms with Crippen LogP contribution in [0.2, 0.25) is 0 Å². The highest BCUT2D eigenvalue weighted by atomic mass is 16.5. The molecule has 3 atom stereocenters. The molecule has 2 aliphatic heterocycles. The van der Waals surface area contributed by atoms with Crippen LogP contribution < -0.4 is 10.1 Å². The molecule has 2 aromatic heterocycles. The molecule has 0 radical (unpaired) electrons. The van der Waals surface area contributed by atoms with Gasteiger partial charge in [-0.25, -0.2) is 9.50 Å². The van der Waals surface area contributed by atoms with E-state index in [-0.39, 0.29) is 18.0 Å². The highest BCUT2D eigenvalue weighted by Gasteiger charge is 2.42. The van der Waals surface area contributed by atoms with Crippen molar-refractivity contribution in [1.29, 1.82) is 0 Å². The van der Waals surface area contributed by atoms with E-state index in [1.165, 1.54) is 11.3 Å². The van der Waals surface area contributed by atoms with Gasteiger partial charge in [0.1, 0.15) is 5.75 Å². The number of hydrogen-bond donors (Lipinski definition) is 1. The van der Waals surface area contributed by atoms with Crippen molar-refractivity contribution in [2.24, 2.45) is 0 Å². The first-order chi connectivity index (χ1) is 15.1. The molecular weight excluding hydrogens is 390 g/mol. The zero-order chi connectivity index (χ0) is 21.5. The average Bonchev–Trinajstić information content (AvgIpc) is 3.33. The highest BCUT2D eigenvalue weighted by molar-refractivity contribution is 5.78. The van der Waals surface area contributed by atoms with E-state index in [2.05, 4.69) is 24.1 Å². The lowest BCUT2D eigenvalue weighted by atomic mass is 9.99. The van der Waals surface area contributed by atoms with Crippen LogP contribution >= 0.6 is 0 Å². The van der Waals surface area contributed by atoms with Crippen LogP contribution in [0.15, 0.2) is 36.5 Å². The number of benzene rings is 1. The van der Waals surface area contributed by atoms with Gasteiger partial charge in [0.15, 0.2) is 5.65 Å². The molecule has 1 aromatic carbocycles. The Morgan fingerprint density at radius 1 is 1.29 bits per heavy atom.